The molecule has 7 heteroatoms. The summed E-state index contributed by atoms with van der Waals surface area (Å²) >= 11 is 0. The molecule has 90 valence electrons. The van der Waals surface area contributed by atoms with E-state index >= 15 is 0 Å². The van der Waals surface area contributed by atoms with Crippen LogP contribution in [0.1, 0.15) is 6.42 Å². The summed E-state index contributed by atoms with van der Waals surface area (Å²) in [6, 6.07) is 4.08. The zero-order chi connectivity index (χ0) is 12.6. The molecule has 4 N–H and O–H groups in total. The van der Waals surface area contributed by atoms with Gasteiger partial charge in [0.1, 0.15) is 5.69 Å². The number of carbonyl (C=O) groups is 1. The Morgan fingerprint density at radius 2 is 2.18 bits per heavy atom. The van der Waals surface area contributed by atoms with Crippen LogP contribution in [0.5, 0.6) is 0 Å². The fraction of sp³-hybridized carbons (Fsp3) is 0.300. The van der Waals surface area contributed by atoms with Gasteiger partial charge in [-0.25, -0.2) is 0 Å². The van der Waals surface area contributed by atoms with Crippen molar-refractivity contribution >= 4 is 23.0 Å². The molecule has 1 fully saturated rings. The van der Waals surface area contributed by atoms with Crippen molar-refractivity contribution in [2.24, 2.45) is 5.73 Å². The molecule has 0 spiro atoms. The molecule has 1 saturated heterocycles. The van der Waals surface area contributed by atoms with Crippen molar-refractivity contribution in [2.75, 3.05) is 17.2 Å². The number of hydrogen-bond acceptors (Lipinski definition) is 5. The standard InChI is InChI=1S/C10H12N4O3/c11-6-3-10(15)13(5-6)7-1-2-8(12)9(4-7)14(16)17/h1-2,4,6H,3,5,11-12H2. The molecule has 1 aliphatic rings. The van der Waals surface area contributed by atoms with E-state index in [4.69, 9.17) is 11.5 Å². The van der Waals surface area contributed by atoms with E-state index in [2.05, 4.69) is 0 Å². The maximum atomic E-state index is 11.6. The molecular weight excluding hydrogens is 224 g/mol. The number of anilines is 2. The van der Waals surface area contributed by atoms with Crippen molar-refractivity contribution in [2.45, 2.75) is 12.5 Å². The maximum Gasteiger partial charge on any atom is 0.294 e. The van der Waals surface area contributed by atoms with Gasteiger partial charge in [-0.05, 0) is 12.1 Å². The smallest absolute Gasteiger partial charge is 0.294 e. The number of amides is 1. The fourth-order valence-corrected chi connectivity index (χ4v) is 1.84. The van der Waals surface area contributed by atoms with E-state index in [1.807, 2.05) is 0 Å². The SMILES string of the molecule is Nc1ccc(N2CC(N)CC2=O)cc1[N+](=O)[O-]. The molecule has 1 aliphatic heterocycles. The minimum atomic E-state index is -0.570. The number of nitrogens with two attached hydrogens (primary N) is 2. The highest BCUT2D eigenvalue weighted by Gasteiger charge is 2.29. The summed E-state index contributed by atoms with van der Waals surface area (Å²) in [5.74, 6) is -0.128. The molecule has 17 heavy (non-hydrogen) atoms. The largest absolute Gasteiger partial charge is 0.393 e. The highest BCUT2D eigenvalue weighted by Crippen LogP contribution is 2.29. The third-order valence-electron chi connectivity index (χ3n) is 2.68. The van der Waals surface area contributed by atoms with Crippen LogP contribution in [0.25, 0.3) is 0 Å². The summed E-state index contributed by atoms with van der Waals surface area (Å²) in [5, 5.41) is 10.7. The first-order valence-corrected chi connectivity index (χ1v) is 5.09. The minimum Gasteiger partial charge on any atom is -0.393 e. The second-order valence-corrected chi connectivity index (χ2v) is 3.97. The second kappa shape index (κ2) is 4.02. The van der Waals surface area contributed by atoms with E-state index in [9.17, 15) is 14.9 Å². The van der Waals surface area contributed by atoms with Gasteiger partial charge >= 0.3 is 0 Å². The average Bonchev–Trinajstić information content (AvgIpc) is 2.58. The van der Waals surface area contributed by atoms with Crippen LogP contribution in [0.2, 0.25) is 0 Å². The normalized spacial score (nSPS) is 19.7. The maximum absolute atomic E-state index is 11.6. The Morgan fingerprint density at radius 3 is 2.71 bits per heavy atom. The second-order valence-electron chi connectivity index (χ2n) is 3.97. The molecule has 1 aromatic carbocycles. The Hall–Kier alpha value is -2.15. The van der Waals surface area contributed by atoms with Gasteiger partial charge in [-0.1, -0.05) is 0 Å². The number of nitrogen functional groups attached to an aromatic ring is 1. The van der Waals surface area contributed by atoms with Crippen molar-refractivity contribution in [1.82, 2.24) is 0 Å². The Morgan fingerprint density at radius 1 is 1.47 bits per heavy atom. The molecule has 1 unspecified atom stereocenters. The molecule has 1 heterocycles. The first kappa shape index (κ1) is 11.3. The predicted octanol–water partition coefficient (Wildman–Crippen LogP) is 0.241. The van der Waals surface area contributed by atoms with E-state index in [1.165, 1.54) is 17.0 Å². The summed E-state index contributed by atoms with van der Waals surface area (Å²) in [4.78, 5) is 23.2. The summed E-state index contributed by atoms with van der Waals surface area (Å²) in [6.45, 7) is 0.375. The Kier molecular flexibility index (Phi) is 2.68. The molecule has 0 radical (unpaired) electrons. The van der Waals surface area contributed by atoms with E-state index < -0.39 is 4.92 Å². The van der Waals surface area contributed by atoms with Crippen LogP contribution in [-0.2, 0) is 4.79 Å². The van der Waals surface area contributed by atoms with Crippen molar-refractivity contribution in [3.8, 4) is 0 Å². The molecule has 1 atom stereocenters. The Balaban J connectivity index is 2.37. The molecule has 0 saturated carbocycles. The summed E-state index contributed by atoms with van der Waals surface area (Å²) in [5.41, 5.74) is 11.5. The lowest BCUT2D eigenvalue weighted by Gasteiger charge is -2.16. The lowest BCUT2D eigenvalue weighted by Crippen LogP contribution is -2.28. The van der Waals surface area contributed by atoms with Crippen LogP contribution in [0.4, 0.5) is 17.1 Å². The molecule has 7 nitrogen and oxygen atoms in total. The van der Waals surface area contributed by atoms with Crippen molar-refractivity contribution in [3.63, 3.8) is 0 Å². The molecule has 2 rings (SSSR count). The molecule has 0 aromatic heterocycles. The Bertz CT molecular complexity index is 488. The number of rotatable bonds is 2. The van der Waals surface area contributed by atoms with Gasteiger partial charge in [-0.2, -0.15) is 0 Å². The monoisotopic (exact) mass is 236 g/mol. The van der Waals surface area contributed by atoms with Crippen molar-refractivity contribution in [1.29, 1.82) is 0 Å². The number of nitro benzene ring substituents is 1. The third kappa shape index (κ3) is 2.04. The third-order valence-corrected chi connectivity index (χ3v) is 2.68. The van der Waals surface area contributed by atoms with Gasteiger partial charge < -0.3 is 16.4 Å². The highest BCUT2D eigenvalue weighted by atomic mass is 16.6. The molecule has 1 aromatic rings. The quantitative estimate of drug-likeness (QED) is 0.433. The van der Waals surface area contributed by atoms with Gasteiger partial charge in [0.05, 0.1) is 10.6 Å². The van der Waals surface area contributed by atoms with E-state index in [1.54, 1.807) is 6.07 Å². The number of nitro groups is 1. The predicted molar refractivity (Wildman–Crippen MR) is 62.5 cm³/mol. The van der Waals surface area contributed by atoms with Crippen molar-refractivity contribution in [3.05, 3.63) is 28.3 Å². The van der Waals surface area contributed by atoms with Gasteiger partial charge in [0.2, 0.25) is 5.91 Å². The first-order chi connectivity index (χ1) is 7.99. The van der Waals surface area contributed by atoms with Gasteiger partial charge in [0, 0.05) is 25.1 Å². The van der Waals surface area contributed by atoms with Crippen LogP contribution in [0.15, 0.2) is 18.2 Å². The van der Waals surface area contributed by atoms with Crippen LogP contribution < -0.4 is 16.4 Å². The number of benzene rings is 1. The number of hydrogen-bond donors (Lipinski definition) is 2. The topological polar surface area (TPSA) is 115 Å². The van der Waals surface area contributed by atoms with Gasteiger partial charge in [0.15, 0.2) is 0 Å². The van der Waals surface area contributed by atoms with E-state index in [-0.39, 0.29) is 29.7 Å². The van der Waals surface area contributed by atoms with Crippen LogP contribution in [0.3, 0.4) is 0 Å². The fourth-order valence-electron chi connectivity index (χ4n) is 1.84. The van der Waals surface area contributed by atoms with E-state index in [0.717, 1.165) is 0 Å². The first-order valence-electron chi connectivity index (χ1n) is 5.09. The lowest BCUT2D eigenvalue weighted by atomic mass is 10.2. The summed E-state index contributed by atoms with van der Waals surface area (Å²) in [6.07, 6.45) is 0.262. The molecular formula is C10H12N4O3. The van der Waals surface area contributed by atoms with E-state index in [0.29, 0.717) is 12.2 Å². The van der Waals surface area contributed by atoms with Gasteiger partial charge in [-0.3, -0.25) is 14.9 Å². The zero-order valence-corrected chi connectivity index (χ0v) is 9.00. The van der Waals surface area contributed by atoms with Crippen LogP contribution in [0, 0.1) is 10.1 Å². The number of carbonyl (C=O) groups excluding carboxylic acids is 1. The molecule has 0 aliphatic carbocycles. The molecule has 1 amide bonds. The van der Waals surface area contributed by atoms with Crippen molar-refractivity contribution < 1.29 is 9.72 Å². The number of nitrogens with zero attached hydrogens (tertiary/aromatic N) is 2. The minimum absolute atomic E-state index is 0.0784. The lowest BCUT2D eigenvalue weighted by molar-refractivity contribution is -0.383. The van der Waals surface area contributed by atoms with Crippen LogP contribution >= 0.6 is 0 Å². The van der Waals surface area contributed by atoms with Gasteiger partial charge in [0.25, 0.3) is 5.69 Å². The summed E-state index contributed by atoms with van der Waals surface area (Å²) < 4.78 is 0. The highest BCUT2D eigenvalue weighted by molar-refractivity contribution is 5.96. The Labute approximate surface area is 97.1 Å². The van der Waals surface area contributed by atoms with Crippen LogP contribution in [-0.4, -0.2) is 23.4 Å². The average molecular weight is 236 g/mol. The van der Waals surface area contributed by atoms with Gasteiger partial charge in [-0.15, -0.1) is 0 Å². The summed E-state index contributed by atoms with van der Waals surface area (Å²) in [7, 11) is 0. The molecule has 0 bridgehead atoms. The zero-order valence-electron chi connectivity index (χ0n) is 9.00.